The van der Waals surface area contributed by atoms with Crippen molar-refractivity contribution in [2.45, 2.75) is 24.7 Å². The van der Waals surface area contributed by atoms with Crippen LogP contribution < -0.4 is 10.1 Å². The minimum Gasteiger partial charge on any atom is -0.497 e. The highest BCUT2D eigenvalue weighted by Gasteiger charge is 2.33. The van der Waals surface area contributed by atoms with Gasteiger partial charge in [0.2, 0.25) is 0 Å². The van der Waals surface area contributed by atoms with Crippen molar-refractivity contribution in [1.29, 1.82) is 0 Å². The molecule has 0 aromatic heterocycles. The molecule has 0 bridgehead atoms. The summed E-state index contributed by atoms with van der Waals surface area (Å²) in [6.07, 6.45) is -1.34. The quantitative estimate of drug-likeness (QED) is 0.632. The molecule has 1 aromatic carbocycles. The summed E-state index contributed by atoms with van der Waals surface area (Å²) in [7, 11) is 2.67. The number of amides is 1. The highest BCUT2D eigenvalue weighted by Crippen LogP contribution is 2.19. The maximum Gasteiger partial charge on any atom is 0.338 e. The summed E-state index contributed by atoms with van der Waals surface area (Å²) < 4.78 is 15.0. The number of esters is 1. The first-order chi connectivity index (χ1) is 11.5. The van der Waals surface area contributed by atoms with Gasteiger partial charge in [0.15, 0.2) is 0 Å². The van der Waals surface area contributed by atoms with Crippen molar-refractivity contribution in [3.8, 4) is 5.75 Å². The SMILES string of the molecule is COC(=O)c1cc(OC)cc(C(=O)N[C@H]2CCO[C@H](CO)[C@H]2O)c1. The van der Waals surface area contributed by atoms with Gasteiger partial charge in [-0.2, -0.15) is 0 Å². The first-order valence-corrected chi connectivity index (χ1v) is 7.49. The van der Waals surface area contributed by atoms with E-state index in [9.17, 15) is 14.7 Å². The van der Waals surface area contributed by atoms with Gasteiger partial charge >= 0.3 is 5.97 Å². The molecule has 3 N–H and O–H groups in total. The zero-order chi connectivity index (χ0) is 17.7. The Morgan fingerprint density at radius 3 is 2.62 bits per heavy atom. The van der Waals surface area contributed by atoms with Crippen LogP contribution in [-0.4, -0.2) is 67.8 Å². The fourth-order valence-corrected chi connectivity index (χ4v) is 2.53. The van der Waals surface area contributed by atoms with Crippen LogP contribution in [0.3, 0.4) is 0 Å². The van der Waals surface area contributed by atoms with E-state index in [2.05, 4.69) is 10.1 Å². The summed E-state index contributed by atoms with van der Waals surface area (Å²) in [5, 5.41) is 22.0. The van der Waals surface area contributed by atoms with Gasteiger partial charge in [0.1, 0.15) is 18.0 Å². The lowest BCUT2D eigenvalue weighted by Gasteiger charge is -2.34. The van der Waals surface area contributed by atoms with Gasteiger partial charge in [0.05, 0.1) is 32.4 Å². The number of carbonyl (C=O) groups is 2. The van der Waals surface area contributed by atoms with Gasteiger partial charge in [-0.15, -0.1) is 0 Å². The molecule has 0 unspecified atom stereocenters. The summed E-state index contributed by atoms with van der Waals surface area (Å²) in [6.45, 7) is -0.0159. The molecule has 8 nitrogen and oxygen atoms in total. The zero-order valence-electron chi connectivity index (χ0n) is 13.5. The van der Waals surface area contributed by atoms with E-state index < -0.39 is 30.1 Å². The van der Waals surface area contributed by atoms with Crippen molar-refractivity contribution in [2.75, 3.05) is 27.4 Å². The monoisotopic (exact) mass is 339 g/mol. The number of methoxy groups -OCH3 is 2. The van der Waals surface area contributed by atoms with Crippen LogP contribution in [-0.2, 0) is 9.47 Å². The van der Waals surface area contributed by atoms with E-state index in [1.807, 2.05) is 0 Å². The van der Waals surface area contributed by atoms with Gasteiger partial charge in [0, 0.05) is 12.2 Å². The van der Waals surface area contributed by atoms with Crippen molar-refractivity contribution in [3.63, 3.8) is 0 Å². The van der Waals surface area contributed by atoms with Crippen LogP contribution in [0.1, 0.15) is 27.1 Å². The average molecular weight is 339 g/mol. The standard InChI is InChI=1S/C16H21NO7/c1-22-11-6-9(5-10(7-11)16(21)23-2)15(20)17-12-3-4-24-13(8-18)14(12)19/h5-7,12-14,18-19H,3-4,8H2,1-2H3,(H,17,20)/t12-,13+,14-/m0/s1. The fourth-order valence-electron chi connectivity index (χ4n) is 2.53. The Labute approximate surface area is 139 Å². The van der Waals surface area contributed by atoms with Crippen molar-refractivity contribution in [3.05, 3.63) is 29.3 Å². The first-order valence-electron chi connectivity index (χ1n) is 7.49. The molecular weight excluding hydrogens is 318 g/mol. The third kappa shape index (κ3) is 4.02. The number of nitrogens with one attached hydrogen (secondary N) is 1. The number of aliphatic hydroxyl groups is 2. The summed E-state index contributed by atoms with van der Waals surface area (Å²) in [4.78, 5) is 24.1. The molecule has 0 saturated carbocycles. The third-order valence-electron chi connectivity index (χ3n) is 3.88. The first kappa shape index (κ1) is 18.2. The van der Waals surface area contributed by atoms with E-state index in [0.717, 1.165) is 0 Å². The number of hydrogen-bond acceptors (Lipinski definition) is 7. The Morgan fingerprint density at radius 1 is 1.29 bits per heavy atom. The molecule has 1 aromatic rings. The van der Waals surface area contributed by atoms with Crippen LogP contribution in [0.25, 0.3) is 0 Å². The van der Waals surface area contributed by atoms with Gasteiger partial charge in [-0.05, 0) is 24.6 Å². The lowest BCUT2D eigenvalue weighted by molar-refractivity contribution is -0.107. The van der Waals surface area contributed by atoms with E-state index in [1.165, 1.54) is 32.4 Å². The number of rotatable bonds is 5. The van der Waals surface area contributed by atoms with Gasteiger partial charge < -0.3 is 29.7 Å². The third-order valence-corrected chi connectivity index (χ3v) is 3.88. The number of aliphatic hydroxyl groups excluding tert-OH is 2. The Morgan fingerprint density at radius 2 is 2.00 bits per heavy atom. The minimum atomic E-state index is -1.02. The molecule has 1 fully saturated rings. The van der Waals surface area contributed by atoms with Gasteiger partial charge in [0.25, 0.3) is 5.91 Å². The summed E-state index contributed by atoms with van der Waals surface area (Å²) in [6, 6.07) is 3.78. The van der Waals surface area contributed by atoms with Crippen molar-refractivity contribution < 1.29 is 34.0 Å². The van der Waals surface area contributed by atoms with E-state index in [-0.39, 0.29) is 17.7 Å². The van der Waals surface area contributed by atoms with Crippen molar-refractivity contribution in [1.82, 2.24) is 5.32 Å². The molecule has 1 heterocycles. The molecule has 24 heavy (non-hydrogen) atoms. The van der Waals surface area contributed by atoms with Crippen LogP contribution in [0, 0.1) is 0 Å². The summed E-state index contributed by atoms with van der Waals surface area (Å²) in [5.41, 5.74) is 0.386. The Balaban J connectivity index is 2.18. The van der Waals surface area contributed by atoms with Crippen LogP contribution >= 0.6 is 0 Å². The molecule has 3 atom stereocenters. The van der Waals surface area contributed by atoms with Gasteiger partial charge in [-0.25, -0.2) is 4.79 Å². The average Bonchev–Trinajstić information content (AvgIpc) is 2.62. The lowest BCUT2D eigenvalue weighted by atomic mass is 9.99. The molecule has 8 heteroatoms. The van der Waals surface area contributed by atoms with Crippen molar-refractivity contribution >= 4 is 11.9 Å². The molecule has 1 amide bonds. The maximum atomic E-state index is 12.5. The zero-order valence-corrected chi connectivity index (χ0v) is 13.5. The molecule has 1 aliphatic rings. The maximum absolute atomic E-state index is 12.5. The van der Waals surface area contributed by atoms with E-state index in [0.29, 0.717) is 18.8 Å². The van der Waals surface area contributed by atoms with Gasteiger partial charge in [-0.1, -0.05) is 0 Å². The predicted octanol–water partition coefficient (Wildman–Crippen LogP) is -0.278. The van der Waals surface area contributed by atoms with E-state index in [1.54, 1.807) is 0 Å². The lowest BCUT2D eigenvalue weighted by Crippen LogP contribution is -2.54. The smallest absolute Gasteiger partial charge is 0.338 e. The number of hydrogen-bond donors (Lipinski definition) is 3. The molecule has 132 valence electrons. The molecule has 1 saturated heterocycles. The van der Waals surface area contributed by atoms with Crippen LogP contribution in [0.4, 0.5) is 0 Å². The molecule has 0 radical (unpaired) electrons. The second kappa shape index (κ2) is 8.09. The predicted molar refractivity (Wildman–Crippen MR) is 83.0 cm³/mol. The molecule has 2 rings (SSSR count). The van der Waals surface area contributed by atoms with E-state index >= 15 is 0 Å². The second-order valence-electron chi connectivity index (χ2n) is 5.39. The highest BCUT2D eigenvalue weighted by molar-refractivity contribution is 5.98. The molecule has 0 spiro atoms. The van der Waals surface area contributed by atoms with Crippen LogP contribution in [0.15, 0.2) is 18.2 Å². The van der Waals surface area contributed by atoms with Gasteiger partial charge in [-0.3, -0.25) is 4.79 Å². The number of ether oxygens (including phenoxy) is 3. The fraction of sp³-hybridized carbons (Fsp3) is 0.500. The highest BCUT2D eigenvalue weighted by atomic mass is 16.5. The van der Waals surface area contributed by atoms with E-state index in [4.69, 9.17) is 14.6 Å². The Bertz CT molecular complexity index is 604. The van der Waals surface area contributed by atoms with Crippen molar-refractivity contribution in [2.24, 2.45) is 0 Å². The summed E-state index contributed by atoms with van der Waals surface area (Å²) >= 11 is 0. The Hall–Kier alpha value is -2.16. The normalized spacial score (nSPS) is 23.4. The number of benzene rings is 1. The topological polar surface area (TPSA) is 114 Å². The molecular formula is C16H21NO7. The minimum absolute atomic E-state index is 0.183. The largest absolute Gasteiger partial charge is 0.497 e. The van der Waals surface area contributed by atoms with Crippen LogP contribution in [0.2, 0.25) is 0 Å². The Kier molecular flexibility index (Phi) is 6.13. The molecule has 0 aliphatic carbocycles. The summed E-state index contributed by atoms with van der Waals surface area (Å²) in [5.74, 6) is -0.722. The second-order valence-corrected chi connectivity index (χ2v) is 5.39. The molecule has 1 aliphatic heterocycles. The van der Waals surface area contributed by atoms with Crippen LogP contribution in [0.5, 0.6) is 5.75 Å². The number of carbonyl (C=O) groups excluding carboxylic acids is 2.